The molecule has 0 radical (unpaired) electrons. The van der Waals surface area contributed by atoms with E-state index in [1.807, 2.05) is 0 Å². The van der Waals surface area contributed by atoms with E-state index < -0.39 is 17.9 Å². The first-order chi connectivity index (χ1) is 10.5. The van der Waals surface area contributed by atoms with Gasteiger partial charge in [0, 0.05) is 12.8 Å². The molecule has 0 aliphatic rings. The highest BCUT2D eigenvalue weighted by Gasteiger charge is 2.26. The van der Waals surface area contributed by atoms with Crippen molar-refractivity contribution < 1.29 is 28.3 Å². The van der Waals surface area contributed by atoms with Gasteiger partial charge < -0.3 is 13.9 Å². The largest absolute Gasteiger partial charge is 0.466 e. The summed E-state index contributed by atoms with van der Waals surface area (Å²) >= 11 is 3.12. The number of rotatable bonds is 9. The number of carbonyl (C=O) groups excluding carboxylic acids is 3. The summed E-state index contributed by atoms with van der Waals surface area (Å²) in [6, 6.07) is 3.13. The summed E-state index contributed by atoms with van der Waals surface area (Å²) in [6.07, 6.45) is 0.190. The second-order valence-corrected chi connectivity index (χ2v) is 5.31. The number of hydrogen-bond acceptors (Lipinski definition) is 6. The smallest absolute Gasteiger partial charge is 0.309 e. The molecule has 1 atom stereocenters. The van der Waals surface area contributed by atoms with Gasteiger partial charge >= 0.3 is 11.9 Å². The molecule has 1 heterocycles. The molecule has 0 N–H and O–H groups in total. The van der Waals surface area contributed by atoms with Gasteiger partial charge in [0.15, 0.2) is 16.2 Å². The number of hydrogen-bond donors (Lipinski definition) is 0. The first-order valence-corrected chi connectivity index (χ1v) is 7.88. The van der Waals surface area contributed by atoms with Crippen molar-refractivity contribution in [1.29, 1.82) is 0 Å². The van der Waals surface area contributed by atoms with Gasteiger partial charge in [-0.25, -0.2) is 0 Å². The Morgan fingerprint density at radius 3 is 2.41 bits per heavy atom. The van der Waals surface area contributed by atoms with E-state index in [2.05, 4.69) is 15.9 Å². The monoisotopic (exact) mass is 374 g/mol. The molecule has 0 bridgehead atoms. The highest BCUT2D eigenvalue weighted by molar-refractivity contribution is 9.10. The zero-order valence-corrected chi connectivity index (χ0v) is 14.2. The topological polar surface area (TPSA) is 82.8 Å². The van der Waals surface area contributed by atoms with Gasteiger partial charge in [-0.3, -0.25) is 14.4 Å². The summed E-state index contributed by atoms with van der Waals surface area (Å²) in [4.78, 5) is 35.4. The van der Waals surface area contributed by atoms with Gasteiger partial charge in [0.1, 0.15) is 0 Å². The van der Waals surface area contributed by atoms with Crippen LogP contribution in [0.3, 0.4) is 0 Å². The maximum atomic E-state index is 12.1. The number of esters is 2. The Hall–Kier alpha value is -1.63. The van der Waals surface area contributed by atoms with E-state index in [9.17, 15) is 14.4 Å². The average molecular weight is 375 g/mol. The number of ketones is 1. The Bertz CT molecular complexity index is 522. The first kappa shape index (κ1) is 18.4. The summed E-state index contributed by atoms with van der Waals surface area (Å²) in [7, 11) is 0. The first-order valence-electron chi connectivity index (χ1n) is 7.08. The van der Waals surface area contributed by atoms with Crippen molar-refractivity contribution in [2.24, 2.45) is 5.92 Å². The van der Waals surface area contributed by atoms with Crippen LogP contribution >= 0.6 is 15.9 Å². The van der Waals surface area contributed by atoms with Crippen LogP contribution in [-0.2, 0) is 19.1 Å². The third kappa shape index (κ3) is 6.01. The van der Waals surface area contributed by atoms with E-state index >= 15 is 0 Å². The molecule has 1 aromatic heterocycles. The lowest BCUT2D eigenvalue weighted by atomic mass is 9.96. The minimum atomic E-state index is -0.694. The second kappa shape index (κ2) is 9.40. The molecule has 1 aromatic rings. The van der Waals surface area contributed by atoms with Gasteiger partial charge in [0.05, 0.1) is 19.1 Å². The molecule has 0 aromatic carbocycles. The van der Waals surface area contributed by atoms with Crippen molar-refractivity contribution in [2.45, 2.75) is 33.1 Å². The summed E-state index contributed by atoms with van der Waals surface area (Å²) < 4.78 is 15.4. The fourth-order valence-electron chi connectivity index (χ4n) is 1.88. The number of halogens is 1. The van der Waals surface area contributed by atoms with E-state index in [-0.39, 0.29) is 44.0 Å². The van der Waals surface area contributed by atoms with Crippen LogP contribution in [0.1, 0.15) is 43.7 Å². The van der Waals surface area contributed by atoms with Crippen LogP contribution in [-0.4, -0.2) is 30.9 Å². The third-order valence-corrected chi connectivity index (χ3v) is 3.33. The highest BCUT2D eigenvalue weighted by atomic mass is 79.9. The van der Waals surface area contributed by atoms with Crippen LogP contribution in [0.25, 0.3) is 0 Å². The number of carbonyl (C=O) groups is 3. The minimum Gasteiger partial charge on any atom is -0.466 e. The Labute approximate surface area is 137 Å². The van der Waals surface area contributed by atoms with Crippen LogP contribution in [0.2, 0.25) is 0 Å². The number of ether oxygens (including phenoxy) is 2. The maximum absolute atomic E-state index is 12.1. The van der Waals surface area contributed by atoms with E-state index in [0.29, 0.717) is 4.67 Å². The molecule has 122 valence electrons. The van der Waals surface area contributed by atoms with Crippen molar-refractivity contribution in [3.8, 4) is 0 Å². The predicted octanol–water partition coefficient (Wildman–Crippen LogP) is 3.14. The number of furan rings is 1. The van der Waals surface area contributed by atoms with Gasteiger partial charge in [-0.1, -0.05) is 0 Å². The fourth-order valence-corrected chi connectivity index (χ4v) is 2.18. The molecular formula is C15H19BrO6. The molecule has 0 fully saturated rings. The molecule has 0 unspecified atom stereocenters. The normalized spacial score (nSPS) is 11.8. The fraction of sp³-hybridized carbons (Fsp3) is 0.533. The highest BCUT2D eigenvalue weighted by Crippen LogP contribution is 2.21. The van der Waals surface area contributed by atoms with Crippen molar-refractivity contribution in [3.05, 3.63) is 22.6 Å². The number of Topliss-reactive ketones (excluding diaryl/α,β-unsaturated/α-hetero) is 1. The van der Waals surface area contributed by atoms with E-state index in [1.165, 1.54) is 6.07 Å². The Balaban J connectivity index is 2.66. The van der Waals surface area contributed by atoms with Gasteiger partial charge in [-0.2, -0.15) is 0 Å². The Kier molecular flexibility index (Phi) is 7.87. The summed E-state index contributed by atoms with van der Waals surface area (Å²) in [6.45, 7) is 3.89. The summed E-state index contributed by atoms with van der Waals surface area (Å²) in [5, 5.41) is 0. The molecule has 0 aliphatic carbocycles. The van der Waals surface area contributed by atoms with Gasteiger partial charge in [-0.15, -0.1) is 0 Å². The summed E-state index contributed by atoms with van der Waals surface area (Å²) in [5.41, 5.74) is 0. The van der Waals surface area contributed by atoms with Crippen molar-refractivity contribution in [2.75, 3.05) is 13.2 Å². The van der Waals surface area contributed by atoms with E-state index in [1.54, 1.807) is 19.9 Å². The van der Waals surface area contributed by atoms with Crippen LogP contribution < -0.4 is 0 Å². The summed E-state index contributed by atoms with van der Waals surface area (Å²) in [5.74, 6) is -1.73. The molecule has 0 amide bonds. The lowest BCUT2D eigenvalue weighted by Gasteiger charge is -2.13. The minimum absolute atomic E-state index is 0.0620. The van der Waals surface area contributed by atoms with E-state index in [0.717, 1.165) is 0 Å². The molecule has 0 spiro atoms. The molecule has 0 saturated carbocycles. The standard InChI is InChI=1S/C15H19BrO6/c1-3-20-14(18)8-5-10(15(19)21-4-2)9-11(17)12-6-7-13(16)22-12/h6-7,10H,3-5,8-9H2,1-2H3/t10-/m1/s1. The van der Waals surface area contributed by atoms with Crippen LogP contribution in [0.15, 0.2) is 21.2 Å². The maximum Gasteiger partial charge on any atom is 0.309 e. The predicted molar refractivity (Wildman–Crippen MR) is 81.3 cm³/mol. The molecule has 6 nitrogen and oxygen atoms in total. The van der Waals surface area contributed by atoms with Gasteiger partial charge in [0.2, 0.25) is 0 Å². The molecular weight excluding hydrogens is 356 g/mol. The molecule has 0 saturated heterocycles. The van der Waals surface area contributed by atoms with E-state index in [4.69, 9.17) is 13.9 Å². The average Bonchev–Trinajstić information content (AvgIpc) is 2.90. The van der Waals surface area contributed by atoms with Crippen LogP contribution in [0.4, 0.5) is 0 Å². The zero-order valence-electron chi connectivity index (χ0n) is 12.6. The SMILES string of the molecule is CCOC(=O)CC[C@H](CC(=O)c1ccc(Br)o1)C(=O)OCC. The third-order valence-electron chi connectivity index (χ3n) is 2.90. The van der Waals surface area contributed by atoms with Gasteiger partial charge in [-0.05, 0) is 48.3 Å². The van der Waals surface area contributed by atoms with Crippen molar-refractivity contribution >= 4 is 33.7 Å². The van der Waals surface area contributed by atoms with Gasteiger partial charge in [0.25, 0.3) is 0 Å². The van der Waals surface area contributed by atoms with Crippen molar-refractivity contribution in [3.63, 3.8) is 0 Å². The molecule has 22 heavy (non-hydrogen) atoms. The molecule has 7 heteroatoms. The van der Waals surface area contributed by atoms with Crippen molar-refractivity contribution in [1.82, 2.24) is 0 Å². The second-order valence-electron chi connectivity index (χ2n) is 4.52. The lowest BCUT2D eigenvalue weighted by Crippen LogP contribution is -2.22. The zero-order chi connectivity index (χ0) is 16.5. The van der Waals surface area contributed by atoms with Crippen LogP contribution in [0.5, 0.6) is 0 Å². The Morgan fingerprint density at radius 2 is 1.86 bits per heavy atom. The Morgan fingerprint density at radius 1 is 1.18 bits per heavy atom. The molecule has 0 aliphatic heterocycles. The quantitative estimate of drug-likeness (QED) is 0.487. The van der Waals surface area contributed by atoms with Crippen LogP contribution in [0, 0.1) is 5.92 Å². The lowest BCUT2D eigenvalue weighted by molar-refractivity contribution is -0.149. The molecule has 1 rings (SSSR count).